The number of aliphatic carboxylic acids is 2. The number of hydrogen-bond donors (Lipinski definition) is 3. The molecule has 5 rings (SSSR count). The molecule has 6 unspecified atom stereocenters. The fourth-order valence-electron chi connectivity index (χ4n) is 7.35. The number of amides is 4. The maximum Gasteiger partial charge on any atom is 0.303 e. The van der Waals surface area contributed by atoms with Gasteiger partial charge in [-0.05, 0) is 44.6 Å². The molecule has 1 aromatic carbocycles. The molecule has 3 N–H and O–H groups in total. The molecule has 3 fully saturated rings. The number of carbonyl (C=O) groups excluding carboxylic acids is 4. The molecule has 1 aromatic rings. The number of phenolic OH excluding ortho intramolecular Hbond substituents is 1. The van der Waals surface area contributed by atoms with E-state index >= 15 is 0 Å². The lowest BCUT2D eigenvalue weighted by atomic mass is 9.57. The van der Waals surface area contributed by atoms with Gasteiger partial charge in [-0.2, -0.15) is 0 Å². The molecule has 4 amide bonds. The number of carbonyl (C=O) groups is 6. The number of benzene rings is 1. The maximum absolute atomic E-state index is 13.8. The van der Waals surface area contributed by atoms with Crippen molar-refractivity contribution in [1.82, 2.24) is 9.80 Å². The lowest BCUT2D eigenvalue weighted by Crippen LogP contribution is -2.43. The summed E-state index contributed by atoms with van der Waals surface area (Å²) in [5.74, 6) is -8.14. The van der Waals surface area contributed by atoms with Crippen molar-refractivity contribution in [3.05, 3.63) is 35.4 Å². The Morgan fingerprint density at radius 1 is 0.857 bits per heavy atom. The average Bonchev–Trinajstić information content (AvgIpc) is 3.33. The number of ether oxygens (including phenoxy) is 1. The van der Waals surface area contributed by atoms with Crippen molar-refractivity contribution in [3.8, 4) is 11.5 Å². The maximum atomic E-state index is 13.8. The minimum atomic E-state index is -1.04. The van der Waals surface area contributed by atoms with Crippen LogP contribution in [0.2, 0.25) is 0 Å². The average molecular weight is 583 g/mol. The molecule has 12 heteroatoms. The molecule has 0 aromatic heterocycles. The van der Waals surface area contributed by atoms with E-state index < -0.39 is 65.2 Å². The Balaban J connectivity index is 1.54. The molecule has 6 atom stereocenters. The number of phenols is 1. The number of likely N-dealkylation sites (tertiary alicyclic amines) is 2. The largest absolute Gasteiger partial charge is 0.504 e. The van der Waals surface area contributed by atoms with E-state index in [-0.39, 0.29) is 75.6 Å². The van der Waals surface area contributed by atoms with E-state index in [0.29, 0.717) is 11.1 Å². The van der Waals surface area contributed by atoms with Gasteiger partial charge in [0.15, 0.2) is 11.5 Å². The third-order valence-electron chi connectivity index (χ3n) is 9.04. The highest BCUT2D eigenvalue weighted by molar-refractivity contribution is 6.08. The summed E-state index contributed by atoms with van der Waals surface area (Å²) < 4.78 is 5.59. The number of carboxylic acids is 2. The second-order valence-electron chi connectivity index (χ2n) is 11.3. The van der Waals surface area contributed by atoms with Crippen LogP contribution in [0.15, 0.2) is 29.8 Å². The zero-order valence-electron chi connectivity index (χ0n) is 23.2. The van der Waals surface area contributed by atoms with Gasteiger partial charge in [0.2, 0.25) is 23.6 Å². The Morgan fingerprint density at radius 2 is 1.45 bits per heavy atom. The lowest BCUT2D eigenvalue weighted by molar-refractivity contribution is -0.143. The molecule has 2 aliphatic heterocycles. The van der Waals surface area contributed by atoms with Gasteiger partial charge >= 0.3 is 11.9 Å². The van der Waals surface area contributed by atoms with Gasteiger partial charge in [-0.25, -0.2) is 0 Å². The van der Waals surface area contributed by atoms with E-state index in [2.05, 4.69) is 0 Å². The van der Waals surface area contributed by atoms with Gasteiger partial charge in [0.05, 0.1) is 30.3 Å². The number of imide groups is 2. The molecule has 0 radical (unpaired) electrons. The number of rotatable bonds is 11. The molecule has 224 valence electrons. The molecule has 4 aliphatic rings. The normalized spacial score (nSPS) is 28.4. The monoisotopic (exact) mass is 582 g/mol. The van der Waals surface area contributed by atoms with Crippen LogP contribution in [0.25, 0.3) is 0 Å². The van der Waals surface area contributed by atoms with Crippen LogP contribution in [0.4, 0.5) is 0 Å². The van der Waals surface area contributed by atoms with Gasteiger partial charge in [-0.15, -0.1) is 0 Å². The number of fused-ring (bicyclic) bond motifs is 4. The highest BCUT2D eigenvalue weighted by atomic mass is 16.5. The minimum Gasteiger partial charge on any atom is -0.504 e. The first-order chi connectivity index (χ1) is 20.1. The summed E-state index contributed by atoms with van der Waals surface area (Å²) >= 11 is 0. The van der Waals surface area contributed by atoms with E-state index in [4.69, 9.17) is 14.9 Å². The fraction of sp³-hybridized carbons (Fsp3) is 0.533. The summed E-state index contributed by atoms with van der Waals surface area (Å²) in [6.45, 7) is 1.98. The quantitative estimate of drug-likeness (QED) is 0.259. The van der Waals surface area contributed by atoms with Crippen LogP contribution < -0.4 is 4.74 Å². The summed E-state index contributed by atoms with van der Waals surface area (Å²) in [6.07, 6.45) is 2.07. The predicted molar refractivity (Wildman–Crippen MR) is 144 cm³/mol. The molecule has 12 nitrogen and oxygen atoms in total. The fourth-order valence-corrected chi connectivity index (χ4v) is 7.35. The number of allylic oxidation sites excluding steroid dienone is 2. The minimum absolute atomic E-state index is 0.0134. The molecule has 2 heterocycles. The Morgan fingerprint density at radius 3 is 2.05 bits per heavy atom. The Kier molecular flexibility index (Phi) is 8.07. The van der Waals surface area contributed by atoms with Crippen LogP contribution in [0, 0.1) is 29.6 Å². The second kappa shape index (κ2) is 11.6. The number of nitrogens with zero attached hydrogens (tertiary/aromatic N) is 2. The molecular weight excluding hydrogens is 548 g/mol. The van der Waals surface area contributed by atoms with Crippen LogP contribution in [0.5, 0.6) is 11.5 Å². The molecule has 2 saturated heterocycles. The van der Waals surface area contributed by atoms with Crippen molar-refractivity contribution in [2.24, 2.45) is 29.6 Å². The van der Waals surface area contributed by atoms with Crippen LogP contribution in [0.3, 0.4) is 0 Å². The lowest BCUT2D eigenvalue weighted by Gasteiger charge is -2.44. The van der Waals surface area contributed by atoms with E-state index in [1.807, 2.05) is 6.08 Å². The van der Waals surface area contributed by atoms with Crippen molar-refractivity contribution in [2.75, 3.05) is 19.7 Å². The van der Waals surface area contributed by atoms with Gasteiger partial charge in [0, 0.05) is 37.4 Å². The Hall–Kier alpha value is -4.22. The topological polar surface area (TPSA) is 179 Å². The second-order valence-corrected chi connectivity index (χ2v) is 11.3. The number of hydrogen-bond acceptors (Lipinski definition) is 8. The highest BCUT2D eigenvalue weighted by Gasteiger charge is 2.62. The van der Waals surface area contributed by atoms with Gasteiger partial charge in [-0.3, -0.25) is 38.6 Å². The van der Waals surface area contributed by atoms with Crippen LogP contribution in [-0.4, -0.2) is 80.4 Å². The van der Waals surface area contributed by atoms with Crippen molar-refractivity contribution >= 4 is 35.6 Å². The third-order valence-corrected chi connectivity index (χ3v) is 9.04. The zero-order valence-corrected chi connectivity index (χ0v) is 23.2. The predicted octanol–water partition coefficient (Wildman–Crippen LogP) is 2.16. The molecule has 0 bridgehead atoms. The van der Waals surface area contributed by atoms with E-state index in [0.717, 1.165) is 9.80 Å². The van der Waals surface area contributed by atoms with Gasteiger partial charge in [-0.1, -0.05) is 23.8 Å². The summed E-state index contributed by atoms with van der Waals surface area (Å²) in [7, 11) is 0. The number of carboxylic acid groups (broad SMARTS) is 2. The van der Waals surface area contributed by atoms with Gasteiger partial charge < -0.3 is 20.1 Å². The first-order valence-electron chi connectivity index (χ1n) is 14.3. The Bertz CT molecular complexity index is 1370. The molecular formula is C30H34N2O10. The SMILES string of the molecule is CCOc1cccc(C2C3=CCC4C(=O)N(CCCC(=O)O)C(=O)C4C3CC3C(=O)N(CCCC(=O)O)C(=O)C32)c1O. The molecule has 42 heavy (non-hydrogen) atoms. The summed E-state index contributed by atoms with van der Waals surface area (Å²) in [5.41, 5.74) is 1.09. The number of para-hydroxylation sites is 1. The van der Waals surface area contributed by atoms with Crippen LogP contribution in [-0.2, 0) is 28.8 Å². The van der Waals surface area contributed by atoms with Crippen LogP contribution >= 0.6 is 0 Å². The number of aromatic hydroxyl groups is 1. The summed E-state index contributed by atoms with van der Waals surface area (Å²) in [6, 6.07) is 4.95. The van der Waals surface area contributed by atoms with Gasteiger partial charge in [0.1, 0.15) is 0 Å². The summed E-state index contributed by atoms with van der Waals surface area (Å²) in [5, 5.41) is 29.3. The van der Waals surface area contributed by atoms with Crippen molar-refractivity contribution in [3.63, 3.8) is 0 Å². The summed E-state index contributed by atoms with van der Waals surface area (Å²) in [4.78, 5) is 78.8. The van der Waals surface area contributed by atoms with Crippen molar-refractivity contribution < 1.29 is 48.8 Å². The third kappa shape index (κ3) is 4.92. The van der Waals surface area contributed by atoms with Crippen LogP contribution in [0.1, 0.15) is 56.9 Å². The molecule has 1 saturated carbocycles. The Labute approximate surface area is 241 Å². The first kappa shape index (κ1) is 29.3. The highest BCUT2D eigenvalue weighted by Crippen LogP contribution is 2.59. The molecule has 0 spiro atoms. The molecule has 2 aliphatic carbocycles. The van der Waals surface area contributed by atoms with E-state index in [1.165, 1.54) is 0 Å². The standard InChI is InChI=1S/C30H34N2O10/c1-2-42-20-7-3-6-16(26(20)37)23-15-10-11-17-24(29(40)31(27(17)38)12-4-8-21(33)34)18(15)14-19-25(23)30(41)32(28(19)39)13-5-9-22(35)36/h3,6-7,10,17-19,23-25,37H,2,4-5,8-9,11-14H2,1H3,(H,33,34)(H,35,36). The zero-order chi connectivity index (χ0) is 30.3. The smallest absolute Gasteiger partial charge is 0.303 e. The van der Waals surface area contributed by atoms with Gasteiger partial charge in [0.25, 0.3) is 0 Å². The first-order valence-corrected chi connectivity index (χ1v) is 14.3. The van der Waals surface area contributed by atoms with E-state index in [1.54, 1.807) is 25.1 Å². The van der Waals surface area contributed by atoms with Crippen molar-refractivity contribution in [1.29, 1.82) is 0 Å². The van der Waals surface area contributed by atoms with E-state index in [9.17, 15) is 33.9 Å². The van der Waals surface area contributed by atoms with Crippen molar-refractivity contribution in [2.45, 2.75) is 51.4 Å².